The van der Waals surface area contributed by atoms with Crippen LogP contribution in [0.1, 0.15) is 31.9 Å². The Morgan fingerprint density at radius 3 is 2.31 bits per heavy atom. The topological polar surface area (TPSA) is 50.1 Å². The number of nitriles is 1. The summed E-state index contributed by atoms with van der Waals surface area (Å²) >= 11 is 0. The molecule has 0 aliphatic heterocycles. The predicted octanol–water partition coefficient (Wildman–Crippen LogP) is 2.69. The van der Waals surface area contributed by atoms with Gasteiger partial charge in [0.1, 0.15) is 6.61 Å². The smallest absolute Gasteiger partial charge is 0.155 e. The first-order chi connectivity index (χ1) is 7.72. The van der Waals surface area contributed by atoms with Gasteiger partial charge in [-0.1, -0.05) is 26.0 Å². The molecule has 0 aliphatic carbocycles. The van der Waals surface area contributed by atoms with E-state index < -0.39 is 0 Å². The average molecular weight is 219 g/mol. The average Bonchev–Trinajstić information content (AvgIpc) is 2.32. The second kappa shape index (κ2) is 8.63. The number of hydrogen-bond donors (Lipinski definition) is 0. The third-order valence-corrected chi connectivity index (χ3v) is 1.66. The minimum Gasteiger partial charge on any atom is -0.369 e. The SMILES string of the molecule is CC.CC(=O)COCc1ccc(C#N)cc1. The quantitative estimate of drug-likeness (QED) is 0.782. The van der Waals surface area contributed by atoms with E-state index in [0.29, 0.717) is 12.2 Å². The van der Waals surface area contributed by atoms with Crippen molar-refractivity contribution in [3.8, 4) is 6.07 Å². The number of ether oxygens (including phenoxy) is 1. The van der Waals surface area contributed by atoms with E-state index in [4.69, 9.17) is 10.00 Å². The van der Waals surface area contributed by atoms with Crippen molar-refractivity contribution in [2.45, 2.75) is 27.4 Å². The van der Waals surface area contributed by atoms with Gasteiger partial charge in [-0.2, -0.15) is 5.26 Å². The largest absolute Gasteiger partial charge is 0.369 e. The van der Waals surface area contributed by atoms with E-state index in [1.54, 1.807) is 12.1 Å². The number of nitrogens with zero attached hydrogens (tertiary/aromatic N) is 1. The molecular formula is C13H17NO2. The summed E-state index contributed by atoms with van der Waals surface area (Å²) < 4.78 is 5.12. The molecule has 3 heteroatoms. The lowest BCUT2D eigenvalue weighted by Gasteiger charge is -2.01. The van der Waals surface area contributed by atoms with Gasteiger partial charge >= 0.3 is 0 Å². The molecule has 86 valence electrons. The molecule has 0 radical (unpaired) electrons. The van der Waals surface area contributed by atoms with Crippen LogP contribution >= 0.6 is 0 Å². The fraction of sp³-hybridized carbons (Fsp3) is 0.385. The highest BCUT2D eigenvalue weighted by Crippen LogP contribution is 2.04. The maximum atomic E-state index is 10.6. The maximum Gasteiger partial charge on any atom is 0.155 e. The van der Waals surface area contributed by atoms with Gasteiger partial charge in [-0.15, -0.1) is 0 Å². The van der Waals surface area contributed by atoms with Gasteiger partial charge in [-0.3, -0.25) is 4.79 Å². The Bertz CT molecular complexity index is 349. The Hall–Kier alpha value is -1.66. The fourth-order valence-electron chi connectivity index (χ4n) is 0.988. The molecule has 0 aliphatic rings. The van der Waals surface area contributed by atoms with Gasteiger partial charge in [0.25, 0.3) is 0 Å². The standard InChI is InChI=1S/C11H11NO2.C2H6/c1-9(13)7-14-8-11-4-2-10(6-12)3-5-11;1-2/h2-5H,7-8H2,1H3;1-2H3. The third kappa shape index (κ3) is 5.94. The lowest BCUT2D eigenvalue weighted by molar-refractivity contribution is -0.121. The van der Waals surface area contributed by atoms with E-state index in [2.05, 4.69) is 0 Å². The molecule has 0 spiro atoms. The Morgan fingerprint density at radius 2 is 1.88 bits per heavy atom. The van der Waals surface area contributed by atoms with Gasteiger partial charge in [-0.25, -0.2) is 0 Å². The van der Waals surface area contributed by atoms with E-state index in [9.17, 15) is 4.79 Å². The van der Waals surface area contributed by atoms with E-state index in [-0.39, 0.29) is 12.4 Å². The summed E-state index contributed by atoms with van der Waals surface area (Å²) in [5.41, 5.74) is 1.59. The normalized spacial score (nSPS) is 8.62. The van der Waals surface area contributed by atoms with Crippen LogP contribution in [-0.2, 0) is 16.1 Å². The molecule has 0 fully saturated rings. The van der Waals surface area contributed by atoms with Gasteiger partial charge in [0.15, 0.2) is 5.78 Å². The maximum absolute atomic E-state index is 10.6. The van der Waals surface area contributed by atoms with Crippen molar-refractivity contribution >= 4 is 5.78 Å². The molecule has 0 saturated heterocycles. The summed E-state index contributed by atoms with van der Waals surface area (Å²) in [5, 5.41) is 8.55. The van der Waals surface area contributed by atoms with Gasteiger partial charge in [0.2, 0.25) is 0 Å². The molecule has 0 N–H and O–H groups in total. The number of carbonyl (C=O) groups excluding carboxylic acids is 1. The van der Waals surface area contributed by atoms with Crippen LogP contribution in [0, 0.1) is 11.3 Å². The lowest BCUT2D eigenvalue weighted by atomic mass is 10.2. The van der Waals surface area contributed by atoms with Crippen LogP contribution in [0.3, 0.4) is 0 Å². The summed E-state index contributed by atoms with van der Waals surface area (Å²) in [6.07, 6.45) is 0. The molecule has 0 saturated carbocycles. The zero-order valence-electron chi connectivity index (χ0n) is 9.99. The monoisotopic (exact) mass is 219 g/mol. The number of carbonyl (C=O) groups is 1. The van der Waals surface area contributed by atoms with Crippen molar-refractivity contribution < 1.29 is 9.53 Å². The van der Waals surface area contributed by atoms with Gasteiger partial charge in [0.05, 0.1) is 18.2 Å². The fourth-order valence-corrected chi connectivity index (χ4v) is 0.988. The van der Waals surface area contributed by atoms with Crippen molar-refractivity contribution in [1.29, 1.82) is 5.26 Å². The summed E-state index contributed by atoms with van der Waals surface area (Å²) in [4.78, 5) is 10.6. The lowest BCUT2D eigenvalue weighted by Crippen LogP contribution is -2.03. The summed E-state index contributed by atoms with van der Waals surface area (Å²) in [6, 6.07) is 9.13. The van der Waals surface area contributed by atoms with Crippen molar-refractivity contribution in [3.05, 3.63) is 35.4 Å². The Balaban J connectivity index is 0.00000106. The Morgan fingerprint density at radius 1 is 1.31 bits per heavy atom. The number of rotatable bonds is 4. The molecule has 3 nitrogen and oxygen atoms in total. The molecule has 0 bridgehead atoms. The molecule has 16 heavy (non-hydrogen) atoms. The number of Topliss-reactive ketones (excluding diaryl/α,β-unsaturated/α-hetero) is 1. The van der Waals surface area contributed by atoms with Crippen LogP contribution in [0.2, 0.25) is 0 Å². The van der Waals surface area contributed by atoms with Gasteiger partial charge in [-0.05, 0) is 24.6 Å². The predicted molar refractivity (Wildman–Crippen MR) is 62.8 cm³/mol. The van der Waals surface area contributed by atoms with Crippen molar-refractivity contribution in [2.24, 2.45) is 0 Å². The van der Waals surface area contributed by atoms with E-state index >= 15 is 0 Å². The third-order valence-electron chi connectivity index (χ3n) is 1.66. The minimum absolute atomic E-state index is 0.0126. The Kier molecular flexibility index (Phi) is 7.74. The highest BCUT2D eigenvalue weighted by Gasteiger charge is 1.96. The van der Waals surface area contributed by atoms with Gasteiger partial charge in [0, 0.05) is 0 Å². The van der Waals surface area contributed by atoms with Crippen LogP contribution in [0.15, 0.2) is 24.3 Å². The molecule has 0 amide bonds. The first-order valence-corrected chi connectivity index (χ1v) is 5.28. The van der Waals surface area contributed by atoms with E-state index in [1.807, 2.05) is 32.0 Å². The molecule has 1 rings (SSSR count). The van der Waals surface area contributed by atoms with Crippen LogP contribution < -0.4 is 0 Å². The summed E-state index contributed by atoms with van der Waals surface area (Å²) in [6.45, 7) is 6.03. The van der Waals surface area contributed by atoms with Crippen molar-refractivity contribution in [3.63, 3.8) is 0 Å². The van der Waals surface area contributed by atoms with Crippen LogP contribution in [-0.4, -0.2) is 12.4 Å². The molecule has 0 heterocycles. The van der Waals surface area contributed by atoms with Crippen molar-refractivity contribution in [2.75, 3.05) is 6.61 Å². The molecule has 0 aromatic heterocycles. The highest BCUT2D eigenvalue weighted by atomic mass is 16.5. The van der Waals surface area contributed by atoms with Crippen LogP contribution in [0.4, 0.5) is 0 Å². The highest BCUT2D eigenvalue weighted by molar-refractivity contribution is 5.76. The molecule has 1 aromatic carbocycles. The zero-order chi connectivity index (χ0) is 12.4. The van der Waals surface area contributed by atoms with Gasteiger partial charge < -0.3 is 4.74 Å². The summed E-state index contributed by atoms with van der Waals surface area (Å²) in [7, 11) is 0. The number of benzene rings is 1. The van der Waals surface area contributed by atoms with Crippen molar-refractivity contribution in [1.82, 2.24) is 0 Å². The first kappa shape index (κ1) is 14.3. The number of ketones is 1. The molecular weight excluding hydrogens is 202 g/mol. The van der Waals surface area contributed by atoms with Crippen LogP contribution in [0.5, 0.6) is 0 Å². The Labute approximate surface area is 96.7 Å². The second-order valence-electron chi connectivity index (χ2n) is 3.00. The minimum atomic E-state index is 0.0126. The second-order valence-corrected chi connectivity index (χ2v) is 3.00. The van der Waals surface area contributed by atoms with Crippen LogP contribution in [0.25, 0.3) is 0 Å². The number of hydrogen-bond acceptors (Lipinski definition) is 3. The molecule has 1 aromatic rings. The van der Waals surface area contributed by atoms with E-state index in [0.717, 1.165) is 5.56 Å². The first-order valence-electron chi connectivity index (χ1n) is 5.28. The zero-order valence-corrected chi connectivity index (χ0v) is 9.99. The summed E-state index contributed by atoms with van der Waals surface area (Å²) in [5.74, 6) is 0.0126. The molecule has 0 atom stereocenters. The van der Waals surface area contributed by atoms with E-state index in [1.165, 1.54) is 6.92 Å². The molecule has 0 unspecified atom stereocenters.